The van der Waals surface area contributed by atoms with Gasteiger partial charge in [0, 0.05) is 23.7 Å². The van der Waals surface area contributed by atoms with Gasteiger partial charge in [-0.1, -0.05) is 60.7 Å². The smallest absolute Gasteiger partial charge is 0.328 e. The molecule has 0 fully saturated rings. The minimum Gasteiger partial charge on any atom is -0.492 e. The SMILES string of the molecule is [CH2-]C(CSCC([CH2-])OC(=O)/C=C/c1ccccc1)OC(=O)/C=C/c1ccccc1.[Rf].[Rf]. The maximum absolute atomic E-state index is 11.8. The van der Waals surface area contributed by atoms with E-state index in [-0.39, 0.29) is 0 Å². The van der Waals surface area contributed by atoms with Gasteiger partial charge in [-0.25, -0.2) is 9.59 Å². The van der Waals surface area contributed by atoms with Crippen LogP contribution in [0.2, 0.25) is 0 Å². The summed E-state index contributed by atoms with van der Waals surface area (Å²) >= 11 is 1.45. The van der Waals surface area contributed by atoms with Crippen LogP contribution < -0.4 is 0 Å². The summed E-state index contributed by atoms with van der Waals surface area (Å²) in [5.41, 5.74) is 1.84. The molecule has 0 aromatic heterocycles. The van der Waals surface area contributed by atoms with Crippen LogP contribution in [0.1, 0.15) is 11.1 Å². The topological polar surface area (TPSA) is 52.6 Å². The minimum atomic E-state index is -0.506. The zero-order valence-electron chi connectivity index (χ0n) is 17.5. The minimum absolute atomic E-state index is 0. The van der Waals surface area contributed by atoms with Crippen molar-refractivity contribution in [2.75, 3.05) is 11.5 Å². The molecule has 0 bridgehead atoms. The van der Waals surface area contributed by atoms with E-state index in [1.165, 1.54) is 23.9 Å². The maximum atomic E-state index is 11.8. The normalized spacial score (nSPS) is 12.5. The molecule has 0 saturated carbocycles. The summed E-state index contributed by atoms with van der Waals surface area (Å²) in [7, 11) is 0. The number of thioether (sulfide) groups is 1. The number of hydrogen-bond donors (Lipinski definition) is 0. The number of carbonyl (C=O) groups excluding carboxylic acids is 2. The van der Waals surface area contributed by atoms with Crippen LogP contribution >= 0.6 is 11.8 Å². The van der Waals surface area contributed by atoms with Crippen molar-refractivity contribution in [3.8, 4) is 0 Å². The summed E-state index contributed by atoms with van der Waals surface area (Å²) < 4.78 is 10.5. The second-order valence-corrected chi connectivity index (χ2v) is 7.22. The van der Waals surface area contributed by atoms with E-state index in [1.807, 2.05) is 60.7 Å². The van der Waals surface area contributed by atoms with Gasteiger partial charge in [-0.05, 0) is 35.5 Å². The summed E-state index contributed by atoms with van der Waals surface area (Å²) in [6, 6.07) is 19.0. The van der Waals surface area contributed by atoms with Crippen LogP contribution in [-0.2, 0) is 19.1 Å². The molecule has 0 aliphatic rings. The van der Waals surface area contributed by atoms with Gasteiger partial charge in [-0.3, -0.25) is 0 Å². The third-order valence-electron chi connectivity index (χ3n) is 3.60. The van der Waals surface area contributed by atoms with Crippen molar-refractivity contribution in [1.29, 1.82) is 0 Å². The van der Waals surface area contributed by atoms with Gasteiger partial charge in [-0.2, -0.15) is 11.8 Å². The van der Waals surface area contributed by atoms with Crippen molar-refractivity contribution in [2.24, 2.45) is 0 Å². The fraction of sp³-hybridized carbons (Fsp3) is 0.167. The fourth-order valence-corrected chi connectivity index (χ4v) is 3.06. The Morgan fingerprint density at radius 3 is 1.45 bits per heavy atom. The summed E-state index contributed by atoms with van der Waals surface area (Å²) in [5.74, 6) is 0.0686. The largest absolute Gasteiger partial charge is 0.492 e. The molecule has 0 aliphatic heterocycles. The zero-order valence-corrected chi connectivity index (χ0v) is 31.1. The van der Waals surface area contributed by atoms with E-state index < -0.39 is 24.1 Å². The molecular weight excluding hydrogens is 918 g/mol. The van der Waals surface area contributed by atoms with Crippen LogP contribution in [0.4, 0.5) is 0 Å². The predicted molar refractivity (Wildman–Crippen MR) is 119 cm³/mol. The Morgan fingerprint density at radius 1 is 0.742 bits per heavy atom. The van der Waals surface area contributed by atoms with Crippen molar-refractivity contribution in [2.45, 2.75) is 12.2 Å². The van der Waals surface area contributed by atoms with Gasteiger partial charge in [0.1, 0.15) is 0 Å². The molecule has 2 aromatic carbocycles. The second-order valence-electron chi connectivity index (χ2n) is 6.14. The van der Waals surface area contributed by atoms with E-state index in [4.69, 9.17) is 9.47 Å². The monoisotopic (exact) mass is 942 g/mol. The Morgan fingerprint density at radius 2 is 1.10 bits per heavy atom. The number of rotatable bonds is 10. The van der Waals surface area contributed by atoms with Gasteiger partial charge >= 0.3 is 11.9 Å². The van der Waals surface area contributed by atoms with Crippen molar-refractivity contribution in [3.63, 3.8) is 0 Å². The van der Waals surface area contributed by atoms with Gasteiger partial charge < -0.3 is 23.3 Å². The molecule has 2 unspecified atom stereocenters. The molecule has 0 N–H and O–H groups in total. The first-order valence-corrected chi connectivity index (χ1v) is 10.3. The van der Waals surface area contributed by atoms with E-state index in [0.29, 0.717) is 11.5 Å². The Labute approximate surface area is 176 Å². The molecule has 0 aliphatic carbocycles. The molecule has 2 atom stereocenters. The molecule has 0 saturated heterocycles. The number of esters is 2. The molecule has 0 amide bonds. The molecule has 7 heteroatoms. The van der Waals surface area contributed by atoms with Crippen molar-refractivity contribution in [1.82, 2.24) is 0 Å². The average molecular weight is 943 g/mol. The van der Waals surface area contributed by atoms with Gasteiger partial charge in [0.15, 0.2) is 0 Å². The van der Waals surface area contributed by atoms with Gasteiger partial charge in [-0.15, -0.1) is 0 Å². The van der Waals surface area contributed by atoms with E-state index in [1.54, 1.807) is 12.2 Å². The van der Waals surface area contributed by atoms with E-state index in [9.17, 15) is 9.59 Å². The van der Waals surface area contributed by atoms with Crippen LogP contribution in [0, 0.1) is 13.8 Å². The fourth-order valence-electron chi connectivity index (χ4n) is 2.26. The molecule has 0 heterocycles. The first-order chi connectivity index (χ1) is 14.0. The maximum Gasteiger partial charge on any atom is 0.328 e. The Hall–Kier alpha value is -4.79. The molecule has 0 spiro atoms. The standard InChI is InChI=1S/C24H24O4S.2Rf/c1-19(27-23(25)15-13-21-9-5-3-6-10-21)17-29-18-20(2)28-24(26)16-14-22-11-7-4-8-12-22;;/h3-16,19-20H,1-2,17-18H2;;/q-2;;/b15-13+,16-14+;;. The third-order valence-corrected chi connectivity index (χ3v) is 4.81. The van der Waals surface area contributed by atoms with Gasteiger partial charge in [0.25, 0.3) is 0 Å². The summed E-state index contributed by atoms with van der Waals surface area (Å²) in [5, 5.41) is 0. The first-order valence-electron chi connectivity index (χ1n) is 9.14. The van der Waals surface area contributed by atoms with Crippen LogP contribution in [-0.4, -0.2) is 35.7 Å². The number of benzene rings is 2. The number of hydrogen-bond acceptors (Lipinski definition) is 5. The Bertz CT molecular complexity index is 756. The number of ether oxygens (including phenoxy) is 2. The van der Waals surface area contributed by atoms with Gasteiger partial charge in [0.05, 0.1) is 0 Å². The van der Waals surface area contributed by atoms with Crippen molar-refractivity contribution in [3.05, 3.63) is 97.8 Å². The van der Waals surface area contributed by atoms with Crippen LogP contribution in [0.15, 0.2) is 72.8 Å². The number of carbonyl (C=O) groups is 2. The molecule has 156 valence electrons. The molecular formula is C24H24O4Rf2S-2. The first kappa shape index (κ1) is 26.2. The van der Waals surface area contributed by atoms with E-state index >= 15 is 0 Å². The summed E-state index contributed by atoms with van der Waals surface area (Å²) in [4.78, 5) is 23.6. The van der Waals surface area contributed by atoms with Crippen LogP contribution in [0.3, 0.4) is 0 Å². The quantitative estimate of drug-likeness (QED) is 0.198. The van der Waals surface area contributed by atoms with E-state index in [2.05, 4.69) is 13.8 Å². The third kappa shape index (κ3) is 11.0. The Kier molecular flexibility index (Phi) is 12.0. The van der Waals surface area contributed by atoms with E-state index in [0.717, 1.165) is 11.1 Å². The van der Waals surface area contributed by atoms with Crippen LogP contribution in [0.25, 0.3) is 12.2 Å². The molecule has 0 radical (unpaired) electrons. The molecule has 2 aromatic rings. The van der Waals surface area contributed by atoms with Crippen LogP contribution in [0.5, 0.6) is 0 Å². The van der Waals surface area contributed by atoms with Crippen molar-refractivity contribution < 1.29 is 19.1 Å². The van der Waals surface area contributed by atoms with Crippen molar-refractivity contribution >= 4 is 35.9 Å². The predicted octanol–water partition coefficient (Wildman–Crippen LogP) is 4.64. The van der Waals surface area contributed by atoms with Gasteiger partial charge in [0.2, 0.25) is 0 Å². The second kappa shape index (κ2) is 14.2. The zero-order chi connectivity index (χ0) is 20.9. The summed E-state index contributed by atoms with van der Waals surface area (Å²) in [6.07, 6.45) is 5.13. The molecule has 4 nitrogen and oxygen atoms in total. The Balaban J connectivity index is 0.00000450. The average Bonchev–Trinajstić information content (AvgIpc) is 2.72. The summed E-state index contributed by atoms with van der Waals surface area (Å²) in [6.45, 7) is 7.63. The molecule has 31 heavy (non-hydrogen) atoms. The molecule has 2 rings (SSSR count).